The van der Waals surface area contributed by atoms with Crippen LogP contribution in [0.25, 0.3) is 10.2 Å². The first-order valence-corrected chi connectivity index (χ1v) is 11.0. The minimum atomic E-state index is -3.24. The first kappa shape index (κ1) is 16.0. The van der Waals surface area contributed by atoms with Gasteiger partial charge in [0.15, 0.2) is 15.0 Å². The van der Waals surface area contributed by atoms with E-state index in [-0.39, 0.29) is 10.8 Å². The average molecular weight is 364 g/mol. The van der Waals surface area contributed by atoms with Crippen molar-refractivity contribution in [2.45, 2.75) is 37.0 Å². The molecular formula is C17H20N2O3S2. The average Bonchev–Trinajstić information content (AvgIpc) is 3.18. The lowest BCUT2D eigenvalue weighted by atomic mass is 9.86. The van der Waals surface area contributed by atoms with Gasteiger partial charge in [-0.3, -0.25) is 4.79 Å². The lowest BCUT2D eigenvalue weighted by Gasteiger charge is -2.20. The number of carbonyl (C=O) groups excluding carboxylic acids is 1. The van der Waals surface area contributed by atoms with Crippen molar-refractivity contribution in [1.29, 1.82) is 0 Å². The number of anilines is 1. The number of sulfone groups is 1. The molecule has 24 heavy (non-hydrogen) atoms. The van der Waals surface area contributed by atoms with E-state index in [2.05, 4.69) is 10.3 Å². The molecule has 2 aliphatic carbocycles. The van der Waals surface area contributed by atoms with Gasteiger partial charge in [-0.2, -0.15) is 0 Å². The standard InChI is InChI=1S/C17H20N2O3S2/c1-24(21,22)13-4-5-14-15(9-13)23-17(18-14)19-16(20)8-12-7-10-2-3-11(12)6-10/h4-5,9-12H,2-3,6-8H2,1H3,(H,18,19,20)/t10-,11+,12+/m0/s1. The van der Waals surface area contributed by atoms with E-state index in [1.807, 2.05) is 0 Å². The van der Waals surface area contributed by atoms with Crippen LogP contribution in [0.3, 0.4) is 0 Å². The van der Waals surface area contributed by atoms with Crippen molar-refractivity contribution in [2.75, 3.05) is 11.6 Å². The maximum absolute atomic E-state index is 12.3. The summed E-state index contributed by atoms with van der Waals surface area (Å²) in [5.41, 5.74) is 0.711. The number of hydrogen-bond donors (Lipinski definition) is 1. The summed E-state index contributed by atoms with van der Waals surface area (Å²) in [5, 5.41) is 3.44. The molecule has 0 aliphatic heterocycles. The van der Waals surface area contributed by atoms with Crippen LogP contribution in [0.1, 0.15) is 32.1 Å². The van der Waals surface area contributed by atoms with Gasteiger partial charge in [-0.1, -0.05) is 17.8 Å². The minimum absolute atomic E-state index is 0.0231. The van der Waals surface area contributed by atoms with E-state index in [1.165, 1.54) is 43.3 Å². The van der Waals surface area contributed by atoms with Crippen molar-refractivity contribution in [1.82, 2.24) is 4.98 Å². The molecule has 1 aromatic heterocycles. The van der Waals surface area contributed by atoms with Crippen LogP contribution in [0.5, 0.6) is 0 Å². The van der Waals surface area contributed by atoms with Crippen LogP contribution in [0, 0.1) is 17.8 Å². The highest BCUT2D eigenvalue weighted by Crippen LogP contribution is 2.49. The molecule has 3 atom stereocenters. The fraction of sp³-hybridized carbons (Fsp3) is 0.529. The van der Waals surface area contributed by atoms with Gasteiger partial charge >= 0.3 is 0 Å². The number of aromatic nitrogens is 1. The number of thiazole rings is 1. The smallest absolute Gasteiger partial charge is 0.226 e. The number of hydrogen-bond acceptors (Lipinski definition) is 5. The zero-order valence-corrected chi connectivity index (χ0v) is 15.1. The fourth-order valence-electron chi connectivity index (χ4n) is 4.22. The molecule has 0 radical (unpaired) electrons. The van der Waals surface area contributed by atoms with Gasteiger partial charge in [-0.05, 0) is 55.2 Å². The van der Waals surface area contributed by atoms with E-state index < -0.39 is 9.84 Å². The largest absolute Gasteiger partial charge is 0.302 e. The SMILES string of the molecule is CS(=O)(=O)c1ccc2nc(NC(=O)C[C@H]3C[C@H]4CC[C@@H]3C4)sc2c1. The van der Waals surface area contributed by atoms with Crippen molar-refractivity contribution in [3.8, 4) is 0 Å². The van der Waals surface area contributed by atoms with Crippen LogP contribution in [0.2, 0.25) is 0 Å². The normalized spacial score (nSPS) is 26.1. The Labute approximate surface area is 145 Å². The monoisotopic (exact) mass is 364 g/mol. The van der Waals surface area contributed by atoms with Crippen LogP contribution in [-0.2, 0) is 14.6 Å². The Morgan fingerprint density at radius 2 is 2.17 bits per heavy atom. The van der Waals surface area contributed by atoms with Crippen LogP contribution >= 0.6 is 11.3 Å². The second kappa shape index (κ2) is 5.81. The summed E-state index contributed by atoms with van der Waals surface area (Å²) in [6, 6.07) is 4.86. The van der Waals surface area contributed by atoms with Gasteiger partial charge in [0.2, 0.25) is 5.91 Å². The highest BCUT2D eigenvalue weighted by molar-refractivity contribution is 7.90. The minimum Gasteiger partial charge on any atom is -0.302 e. The number of carbonyl (C=O) groups is 1. The third-order valence-corrected chi connectivity index (χ3v) is 7.41. The quantitative estimate of drug-likeness (QED) is 0.901. The van der Waals surface area contributed by atoms with Crippen LogP contribution < -0.4 is 5.32 Å². The predicted octanol–water partition coefficient (Wildman–Crippen LogP) is 3.46. The molecule has 0 spiro atoms. The van der Waals surface area contributed by atoms with Crippen molar-refractivity contribution < 1.29 is 13.2 Å². The second-order valence-electron chi connectivity index (χ2n) is 7.11. The zero-order chi connectivity index (χ0) is 16.9. The summed E-state index contributed by atoms with van der Waals surface area (Å²) in [4.78, 5) is 17.0. The Balaban J connectivity index is 1.47. The summed E-state index contributed by atoms with van der Waals surface area (Å²) < 4.78 is 24.0. The molecular weight excluding hydrogens is 344 g/mol. The highest BCUT2D eigenvalue weighted by Gasteiger charge is 2.40. The van der Waals surface area contributed by atoms with Crippen molar-refractivity contribution in [2.24, 2.45) is 17.8 Å². The van der Waals surface area contributed by atoms with Gasteiger partial charge in [-0.25, -0.2) is 13.4 Å². The third-order valence-electron chi connectivity index (χ3n) is 5.37. The topological polar surface area (TPSA) is 76.1 Å². The van der Waals surface area contributed by atoms with Crippen molar-refractivity contribution in [3.05, 3.63) is 18.2 Å². The Bertz CT molecular complexity index is 904. The highest BCUT2D eigenvalue weighted by atomic mass is 32.2. The van der Waals surface area contributed by atoms with Crippen LogP contribution in [-0.4, -0.2) is 25.6 Å². The number of nitrogens with zero attached hydrogens (tertiary/aromatic N) is 1. The number of benzene rings is 1. The van der Waals surface area contributed by atoms with Crippen molar-refractivity contribution in [3.63, 3.8) is 0 Å². The molecule has 1 amide bonds. The van der Waals surface area contributed by atoms with E-state index >= 15 is 0 Å². The van der Waals surface area contributed by atoms with E-state index in [0.717, 1.165) is 16.5 Å². The maximum atomic E-state index is 12.3. The molecule has 4 rings (SSSR count). The fourth-order valence-corrected chi connectivity index (χ4v) is 5.87. The molecule has 0 saturated heterocycles. The zero-order valence-electron chi connectivity index (χ0n) is 13.5. The van der Waals surface area contributed by atoms with Gasteiger partial charge in [0, 0.05) is 12.7 Å². The van der Waals surface area contributed by atoms with Gasteiger partial charge < -0.3 is 5.32 Å². The second-order valence-corrected chi connectivity index (χ2v) is 10.2. The van der Waals surface area contributed by atoms with E-state index in [9.17, 15) is 13.2 Å². The number of amides is 1. The first-order chi connectivity index (χ1) is 11.4. The van der Waals surface area contributed by atoms with Gasteiger partial charge in [-0.15, -0.1) is 0 Å². The Morgan fingerprint density at radius 1 is 1.33 bits per heavy atom. The van der Waals surface area contributed by atoms with E-state index in [4.69, 9.17) is 0 Å². The first-order valence-electron chi connectivity index (χ1n) is 8.29. The molecule has 7 heteroatoms. The van der Waals surface area contributed by atoms with Gasteiger partial charge in [0.25, 0.3) is 0 Å². The number of nitrogens with one attached hydrogen (secondary N) is 1. The van der Waals surface area contributed by atoms with Crippen molar-refractivity contribution >= 4 is 42.4 Å². The van der Waals surface area contributed by atoms with E-state index in [0.29, 0.717) is 23.0 Å². The maximum Gasteiger partial charge on any atom is 0.226 e. The molecule has 2 aromatic rings. The molecule has 1 heterocycles. The summed E-state index contributed by atoms with van der Waals surface area (Å²) in [5.74, 6) is 2.11. The molecule has 2 saturated carbocycles. The molecule has 0 unspecified atom stereocenters. The Kier molecular flexibility index (Phi) is 3.88. The number of fused-ring (bicyclic) bond motifs is 3. The lowest BCUT2D eigenvalue weighted by Crippen LogP contribution is -2.20. The van der Waals surface area contributed by atoms with Gasteiger partial charge in [0.05, 0.1) is 15.1 Å². The molecule has 5 nitrogen and oxygen atoms in total. The summed E-state index contributed by atoms with van der Waals surface area (Å²) in [7, 11) is -3.24. The summed E-state index contributed by atoms with van der Waals surface area (Å²) in [6.45, 7) is 0. The molecule has 2 aliphatic rings. The molecule has 128 valence electrons. The molecule has 1 aromatic carbocycles. The van der Waals surface area contributed by atoms with E-state index in [1.54, 1.807) is 18.2 Å². The summed E-state index contributed by atoms with van der Waals surface area (Å²) in [6.07, 6.45) is 6.86. The van der Waals surface area contributed by atoms with Crippen LogP contribution in [0.4, 0.5) is 5.13 Å². The molecule has 2 bridgehead atoms. The number of rotatable bonds is 4. The summed E-state index contributed by atoms with van der Waals surface area (Å²) >= 11 is 1.32. The Morgan fingerprint density at radius 3 is 2.83 bits per heavy atom. The molecule has 2 fully saturated rings. The lowest BCUT2D eigenvalue weighted by molar-refractivity contribution is -0.117. The Hall–Kier alpha value is -1.47. The predicted molar refractivity (Wildman–Crippen MR) is 94.9 cm³/mol. The third kappa shape index (κ3) is 3.07. The molecule has 1 N–H and O–H groups in total. The van der Waals surface area contributed by atoms with Crippen LogP contribution in [0.15, 0.2) is 23.1 Å². The van der Waals surface area contributed by atoms with Gasteiger partial charge in [0.1, 0.15) is 0 Å².